The van der Waals surface area contributed by atoms with Gasteiger partial charge in [0.1, 0.15) is 6.61 Å². The lowest BCUT2D eigenvalue weighted by Gasteiger charge is -2.25. The van der Waals surface area contributed by atoms with Crippen LogP contribution in [0.3, 0.4) is 0 Å². The highest BCUT2D eigenvalue weighted by atomic mass is 32.2. The second kappa shape index (κ2) is 7.71. The number of carbonyl (C=O) groups excluding carboxylic acids is 1. The Labute approximate surface area is 131 Å². The van der Waals surface area contributed by atoms with E-state index in [1.807, 2.05) is 6.92 Å². The third-order valence-corrected chi connectivity index (χ3v) is 5.44. The molecule has 0 bridgehead atoms. The topological polar surface area (TPSA) is 75.7 Å². The van der Waals surface area contributed by atoms with Gasteiger partial charge in [-0.2, -0.15) is 4.31 Å². The maximum atomic E-state index is 12.5. The molecule has 1 saturated heterocycles. The molecule has 0 aromatic heterocycles. The molecule has 1 amide bonds. The summed E-state index contributed by atoms with van der Waals surface area (Å²) in [6.45, 7) is 3.43. The van der Waals surface area contributed by atoms with Crippen LogP contribution in [0.15, 0.2) is 29.2 Å². The molecular weight excluding hydrogens is 304 g/mol. The quantitative estimate of drug-likeness (QED) is 0.865. The van der Waals surface area contributed by atoms with E-state index in [0.29, 0.717) is 25.4 Å². The van der Waals surface area contributed by atoms with Crippen LogP contribution in [0.4, 0.5) is 5.69 Å². The van der Waals surface area contributed by atoms with Gasteiger partial charge >= 0.3 is 0 Å². The first-order valence-corrected chi connectivity index (χ1v) is 8.96. The number of amides is 1. The van der Waals surface area contributed by atoms with Crippen molar-refractivity contribution in [1.29, 1.82) is 0 Å². The highest BCUT2D eigenvalue weighted by molar-refractivity contribution is 7.89. The summed E-state index contributed by atoms with van der Waals surface area (Å²) in [5, 5.41) is 2.66. The molecule has 0 spiro atoms. The van der Waals surface area contributed by atoms with Gasteiger partial charge in [0.05, 0.1) is 4.90 Å². The minimum absolute atomic E-state index is 0.00960. The molecule has 22 heavy (non-hydrogen) atoms. The van der Waals surface area contributed by atoms with Crippen molar-refractivity contribution in [3.05, 3.63) is 24.3 Å². The van der Waals surface area contributed by atoms with Crippen molar-refractivity contribution in [3.63, 3.8) is 0 Å². The Morgan fingerprint density at radius 3 is 2.41 bits per heavy atom. The van der Waals surface area contributed by atoms with Gasteiger partial charge in [-0.05, 0) is 44.0 Å². The van der Waals surface area contributed by atoms with E-state index >= 15 is 0 Å². The number of benzene rings is 1. The number of hydrogen-bond acceptors (Lipinski definition) is 4. The number of nitrogens with zero attached hydrogens (tertiary/aromatic N) is 1. The average molecular weight is 326 g/mol. The van der Waals surface area contributed by atoms with Gasteiger partial charge in [0.2, 0.25) is 15.9 Å². The molecule has 0 saturated carbocycles. The molecular formula is C15H22N2O4S. The minimum Gasteiger partial charge on any atom is -0.372 e. The summed E-state index contributed by atoms with van der Waals surface area (Å²) in [5.41, 5.74) is 0.558. The zero-order chi connectivity index (χ0) is 16.0. The largest absolute Gasteiger partial charge is 0.372 e. The molecule has 2 rings (SSSR count). The second-order valence-corrected chi connectivity index (χ2v) is 7.11. The van der Waals surface area contributed by atoms with Crippen molar-refractivity contribution in [2.75, 3.05) is 31.6 Å². The van der Waals surface area contributed by atoms with Crippen LogP contribution in [-0.2, 0) is 19.6 Å². The first-order chi connectivity index (χ1) is 10.5. The predicted molar refractivity (Wildman–Crippen MR) is 84.2 cm³/mol. The van der Waals surface area contributed by atoms with Crippen LogP contribution < -0.4 is 5.32 Å². The number of carbonyl (C=O) groups is 1. The van der Waals surface area contributed by atoms with Crippen LogP contribution in [0, 0.1) is 0 Å². The maximum absolute atomic E-state index is 12.5. The highest BCUT2D eigenvalue weighted by Crippen LogP contribution is 2.21. The Bertz CT molecular complexity index is 592. The molecule has 7 heteroatoms. The van der Waals surface area contributed by atoms with E-state index in [2.05, 4.69) is 5.32 Å². The number of anilines is 1. The molecule has 0 unspecified atom stereocenters. The second-order valence-electron chi connectivity index (χ2n) is 5.17. The Balaban J connectivity index is 2.03. The summed E-state index contributed by atoms with van der Waals surface area (Å²) in [5.74, 6) is -0.256. The molecule has 122 valence electrons. The number of nitrogens with one attached hydrogen (secondary N) is 1. The lowest BCUT2D eigenvalue weighted by Crippen LogP contribution is -2.35. The van der Waals surface area contributed by atoms with Crippen molar-refractivity contribution in [2.24, 2.45) is 0 Å². The third-order valence-electron chi connectivity index (χ3n) is 3.53. The predicted octanol–water partition coefficient (Wildman–Crippen LogP) is 1.84. The highest BCUT2D eigenvalue weighted by Gasteiger charge is 2.25. The fourth-order valence-corrected chi connectivity index (χ4v) is 3.87. The van der Waals surface area contributed by atoms with Gasteiger partial charge in [0, 0.05) is 25.4 Å². The van der Waals surface area contributed by atoms with Crippen LogP contribution in [0.5, 0.6) is 0 Å². The van der Waals surface area contributed by atoms with Crippen LogP contribution >= 0.6 is 0 Å². The van der Waals surface area contributed by atoms with Crippen molar-refractivity contribution in [1.82, 2.24) is 4.31 Å². The van der Waals surface area contributed by atoms with Gasteiger partial charge < -0.3 is 10.1 Å². The van der Waals surface area contributed by atoms with Gasteiger partial charge in [-0.25, -0.2) is 8.42 Å². The zero-order valence-electron chi connectivity index (χ0n) is 12.7. The van der Waals surface area contributed by atoms with Crippen LogP contribution in [-0.4, -0.2) is 44.9 Å². The van der Waals surface area contributed by atoms with Crippen molar-refractivity contribution in [2.45, 2.75) is 31.1 Å². The molecule has 1 heterocycles. The van der Waals surface area contributed by atoms with Gasteiger partial charge in [-0.3, -0.25) is 4.79 Å². The summed E-state index contributed by atoms with van der Waals surface area (Å²) < 4.78 is 31.5. The van der Waals surface area contributed by atoms with E-state index in [1.165, 1.54) is 16.4 Å². The lowest BCUT2D eigenvalue weighted by atomic mass is 10.2. The molecule has 1 aromatic rings. The van der Waals surface area contributed by atoms with E-state index < -0.39 is 10.0 Å². The van der Waals surface area contributed by atoms with Gasteiger partial charge in [0.25, 0.3) is 0 Å². The Hall–Kier alpha value is -1.44. The smallest absolute Gasteiger partial charge is 0.250 e. The zero-order valence-corrected chi connectivity index (χ0v) is 13.6. The number of piperidine rings is 1. The van der Waals surface area contributed by atoms with E-state index in [-0.39, 0.29) is 17.4 Å². The molecule has 0 atom stereocenters. The maximum Gasteiger partial charge on any atom is 0.250 e. The molecule has 1 aliphatic rings. The Morgan fingerprint density at radius 2 is 1.82 bits per heavy atom. The minimum atomic E-state index is -3.43. The molecule has 1 aromatic carbocycles. The first-order valence-electron chi connectivity index (χ1n) is 7.52. The summed E-state index contributed by atoms with van der Waals surface area (Å²) >= 11 is 0. The number of sulfonamides is 1. The Morgan fingerprint density at radius 1 is 1.18 bits per heavy atom. The van der Waals surface area contributed by atoms with Crippen LogP contribution in [0.1, 0.15) is 26.2 Å². The SMILES string of the molecule is CCOCC(=O)Nc1ccc(S(=O)(=O)N2CCCCC2)cc1. The lowest BCUT2D eigenvalue weighted by molar-refractivity contribution is -0.120. The van der Waals surface area contributed by atoms with Crippen LogP contribution in [0.2, 0.25) is 0 Å². The van der Waals surface area contributed by atoms with Gasteiger partial charge in [0.15, 0.2) is 0 Å². The number of hydrogen-bond donors (Lipinski definition) is 1. The van der Waals surface area contributed by atoms with Crippen molar-refractivity contribution >= 4 is 21.6 Å². The molecule has 1 fully saturated rings. The molecule has 1 N–H and O–H groups in total. The Kier molecular flexibility index (Phi) is 5.93. The van der Waals surface area contributed by atoms with Gasteiger partial charge in [-0.15, -0.1) is 0 Å². The van der Waals surface area contributed by atoms with Gasteiger partial charge in [-0.1, -0.05) is 6.42 Å². The first kappa shape index (κ1) is 16.9. The van der Waals surface area contributed by atoms with Crippen molar-refractivity contribution in [3.8, 4) is 0 Å². The summed E-state index contributed by atoms with van der Waals surface area (Å²) in [7, 11) is -3.43. The van der Waals surface area contributed by atoms with Crippen LogP contribution in [0.25, 0.3) is 0 Å². The monoisotopic (exact) mass is 326 g/mol. The summed E-state index contributed by atoms with van der Waals surface area (Å²) in [4.78, 5) is 11.8. The van der Waals surface area contributed by atoms with Crippen molar-refractivity contribution < 1.29 is 17.9 Å². The summed E-state index contributed by atoms with van der Waals surface area (Å²) in [6.07, 6.45) is 2.90. The summed E-state index contributed by atoms with van der Waals surface area (Å²) in [6, 6.07) is 6.25. The fraction of sp³-hybridized carbons (Fsp3) is 0.533. The normalized spacial score (nSPS) is 16.4. The standard InChI is InChI=1S/C15H22N2O4S/c1-2-21-12-15(18)16-13-6-8-14(9-7-13)22(19,20)17-10-4-3-5-11-17/h6-9H,2-5,10-12H2,1H3,(H,16,18). The third kappa shape index (κ3) is 4.28. The average Bonchev–Trinajstić information content (AvgIpc) is 2.54. The number of rotatable bonds is 6. The van der Waals surface area contributed by atoms with E-state index in [0.717, 1.165) is 19.3 Å². The number of ether oxygens (including phenoxy) is 1. The fourth-order valence-electron chi connectivity index (χ4n) is 2.36. The molecule has 1 aliphatic heterocycles. The van der Waals surface area contributed by atoms with E-state index in [4.69, 9.17) is 4.74 Å². The van der Waals surface area contributed by atoms with E-state index in [9.17, 15) is 13.2 Å². The molecule has 6 nitrogen and oxygen atoms in total. The molecule has 0 radical (unpaired) electrons. The van der Waals surface area contributed by atoms with E-state index in [1.54, 1.807) is 12.1 Å². The molecule has 0 aliphatic carbocycles.